The molecule has 2 amide bonds. The summed E-state index contributed by atoms with van der Waals surface area (Å²) in [5, 5.41) is 13.4. The van der Waals surface area contributed by atoms with Crippen molar-refractivity contribution in [3.05, 3.63) is 59.7 Å². The fourth-order valence-corrected chi connectivity index (χ4v) is 4.23. The molecule has 168 valence electrons. The first-order valence-corrected chi connectivity index (χ1v) is 10.2. The van der Waals surface area contributed by atoms with Gasteiger partial charge in [-0.15, -0.1) is 0 Å². The molecule has 3 atom stereocenters. The van der Waals surface area contributed by atoms with Gasteiger partial charge in [-0.2, -0.15) is 0 Å². The minimum Gasteiger partial charge on any atom is -0.481 e. The van der Waals surface area contributed by atoms with Crippen LogP contribution in [0.2, 0.25) is 0 Å². The number of carboxylic acids is 1. The van der Waals surface area contributed by atoms with Gasteiger partial charge in [0.15, 0.2) is 0 Å². The molecule has 9 heteroatoms. The van der Waals surface area contributed by atoms with Crippen molar-refractivity contribution in [1.29, 1.82) is 0 Å². The fraction of sp³-hybridized carbons (Fsp3) is 0.348. The molecule has 7 nitrogen and oxygen atoms in total. The Hall–Kier alpha value is -3.49. The van der Waals surface area contributed by atoms with E-state index in [9.17, 15) is 23.2 Å². The maximum Gasteiger partial charge on any atom is 0.407 e. The molecule has 0 radical (unpaired) electrons. The number of alkyl carbamates (subject to hydrolysis) is 1. The Morgan fingerprint density at radius 1 is 1.06 bits per heavy atom. The van der Waals surface area contributed by atoms with E-state index in [4.69, 9.17) is 9.84 Å². The normalized spacial score (nSPS) is 21.1. The molecule has 0 aliphatic heterocycles. The summed E-state index contributed by atoms with van der Waals surface area (Å²) in [5.41, 5.74) is 4.26. The molecule has 0 saturated heterocycles. The van der Waals surface area contributed by atoms with Gasteiger partial charge in [0, 0.05) is 12.5 Å². The minimum absolute atomic E-state index is 0.0722. The van der Waals surface area contributed by atoms with Crippen LogP contribution in [-0.2, 0) is 14.3 Å². The molecule has 0 spiro atoms. The summed E-state index contributed by atoms with van der Waals surface area (Å²) in [6, 6.07) is 14.7. The lowest BCUT2D eigenvalue weighted by Crippen LogP contribution is -2.46. The summed E-state index contributed by atoms with van der Waals surface area (Å²) in [7, 11) is 0. The van der Waals surface area contributed by atoms with E-state index in [0.717, 1.165) is 22.3 Å². The number of halogens is 2. The highest BCUT2D eigenvalue weighted by molar-refractivity contribution is 5.85. The number of rotatable bonds is 7. The molecule has 1 saturated carbocycles. The SMILES string of the molecule is CC(NC(=O)OCC1c2ccccc2-c2ccccc21)C(=O)NC[C@@H]1[C@H](C(=O)O)C1(F)F. The molecule has 4 rings (SSSR count). The zero-order valence-corrected chi connectivity index (χ0v) is 17.2. The summed E-state index contributed by atoms with van der Waals surface area (Å²) in [6.45, 7) is 0.971. The van der Waals surface area contributed by atoms with Crippen LogP contribution in [0.25, 0.3) is 11.1 Å². The molecule has 0 bridgehead atoms. The third-order valence-electron chi connectivity index (χ3n) is 6.04. The second-order valence-corrected chi connectivity index (χ2v) is 8.03. The van der Waals surface area contributed by atoms with E-state index in [2.05, 4.69) is 10.6 Å². The minimum atomic E-state index is -3.34. The number of nitrogens with one attached hydrogen (secondary N) is 2. The highest BCUT2D eigenvalue weighted by atomic mass is 19.3. The maximum atomic E-state index is 13.4. The number of carboxylic acid groups (broad SMARTS) is 1. The van der Waals surface area contributed by atoms with E-state index in [0.29, 0.717) is 0 Å². The van der Waals surface area contributed by atoms with Crippen LogP contribution in [0.3, 0.4) is 0 Å². The quantitative estimate of drug-likeness (QED) is 0.609. The summed E-state index contributed by atoms with van der Waals surface area (Å²) >= 11 is 0. The molecule has 0 heterocycles. The Balaban J connectivity index is 1.29. The molecule has 1 unspecified atom stereocenters. The second-order valence-electron chi connectivity index (χ2n) is 8.03. The van der Waals surface area contributed by atoms with Gasteiger partial charge in [0.25, 0.3) is 5.92 Å². The number of hydrogen-bond donors (Lipinski definition) is 3. The summed E-state index contributed by atoms with van der Waals surface area (Å²) in [6.07, 6.45) is -0.810. The zero-order chi connectivity index (χ0) is 23.0. The van der Waals surface area contributed by atoms with Crippen molar-refractivity contribution in [1.82, 2.24) is 10.6 Å². The second kappa shape index (κ2) is 8.22. The van der Waals surface area contributed by atoms with Crippen molar-refractivity contribution in [2.24, 2.45) is 11.8 Å². The fourth-order valence-electron chi connectivity index (χ4n) is 4.23. The van der Waals surface area contributed by atoms with Crippen LogP contribution < -0.4 is 10.6 Å². The van der Waals surface area contributed by atoms with Gasteiger partial charge in [-0.25, -0.2) is 13.6 Å². The van der Waals surface area contributed by atoms with Crippen LogP contribution >= 0.6 is 0 Å². The van der Waals surface area contributed by atoms with Crippen LogP contribution in [0.1, 0.15) is 24.0 Å². The van der Waals surface area contributed by atoms with Gasteiger partial charge in [-0.3, -0.25) is 9.59 Å². The van der Waals surface area contributed by atoms with Crippen LogP contribution in [0.4, 0.5) is 13.6 Å². The van der Waals surface area contributed by atoms with Crippen molar-refractivity contribution in [3.63, 3.8) is 0 Å². The highest BCUT2D eigenvalue weighted by Gasteiger charge is 2.72. The van der Waals surface area contributed by atoms with Crippen LogP contribution in [0, 0.1) is 11.8 Å². The number of benzene rings is 2. The summed E-state index contributed by atoms with van der Waals surface area (Å²) in [4.78, 5) is 35.1. The number of hydrogen-bond acceptors (Lipinski definition) is 4. The van der Waals surface area contributed by atoms with Crippen molar-refractivity contribution >= 4 is 18.0 Å². The third-order valence-corrected chi connectivity index (χ3v) is 6.04. The van der Waals surface area contributed by atoms with E-state index in [1.165, 1.54) is 6.92 Å². The monoisotopic (exact) mass is 444 g/mol. The molecule has 2 aliphatic rings. The van der Waals surface area contributed by atoms with Gasteiger partial charge in [-0.05, 0) is 29.2 Å². The van der Waals surface area contributed by atoms with Crippen molar-refractivity contribution < 1.29 is 33.0 Å². The van der Waals surface area contributed by atoms with E-state index < -0.39 is 48.3 Å². The number of carbonyl (C=O) groups excluding carboxylic acids is 2. The zero-order valence-electron chi connectivity index (χ0n) is 17.2. The maximum absolute atomic E-state index is 13.4. The Bertz CT molecular complexity index is 1030. The highest BCUT2D eigenvalue weighted by Crippen LogP contribution is 2.54. The lowest BCUT2D eigenvalue weighted by molar-refractivity contribution is -0.141. The molecular formula is C23H22F2N2O5. The Morgan fingerprint density at radius 2 is 1.62 bits per heavy atom. The average Bonchev–Trinajstić information content (AvgIpc) is 3.17. The number of fused-ring (bicyclic) bond motifs is 3. The number of carbonyl (C=O) groups is 3. The predicted molar refractivity (Wildman–Crippen MR) is 110 cm³/mol. The van der Waals surface area contributed by atoms with Crippen molar-refractivity contribution in [2.75, 3.05) is 13.2 Å². The number of aliphatic carboxylic acids is 1. The van der Waals surface area contributed by atoms with Crippen molar-refractivity contribution in [2.45, 2.75) is 24.8 Å². The largest absolute Gasteiger partial charge is 0.481 e. The van der Waals surface area contributed by atoms with Gasteiger partial charge in [0.1, 0.15) is 18.6 Å². The average molecular weight is 444 g/mol. The molecule has 0 aromatic heterocycles. The number of amides is 2. The van der Waals surface area contributed by atoms with Gasteiger partial charge < -0.3 is 20.5 Å². The van der Waals surface area contributed by atoms with Gasteiger partial charge in [-0.1, -0.05) is 48.5 Å². The van der Waals surface area contributed by atoms with E-state index in [-0.39, 0.29) is 12.5 Å². The molecule has 3 N–H and O–H groups in total. The smallest absolute Gasteiger partial charge is 0.407 e. The van der Waals surface area contributed by atoms with Gasteiger partial charge >= 0.3 is 12.1 Å². The van der Waals surface area contributed by atoms with Crippen LogP contribution in [0.5, 0.6) is 0 Å². The van der Waals surface area contributed by atoms with E-state index in [1.807, 2.05) is 48.5 Å². The molecule has 1 fully saturated rings. The lowest BCUT2D eigenvalue weighted by Gasteiger charge is -2.17. The van der Waals surface area contributed by atoms with Crippen LogP contribution in [-0.4, -0.2) is 48.2 Å². The Kier molecular flexibility index (Phi) is 5.58. The molecule has 2 aromatic carbocycles. The van der Waals surface area contributed by atoms with Crippen LogP contribution in [0.15, 0.2) is 48.5 Å². The lowest BCUT2D eigenvalue weighted by atomic mass is 9.98. The topological polar surface area (TPSA) is 105 Å². The molecule has 32 heavy (non-hydrogen) atoms. The number of alkyl halides is 2. The molecule has 2 aromatic rings. The van der Waals surface area contributed by atoms with E-state index in [1.54, 1.807) is 0 Å². The first-order valence-electron chi connectivity index (χ1n) is 10.2. The standard InChI is InChI=1S/C23H22F2N2O5/c1-12(20(28)26-10-18-19(21(29)30)23(18,24)25)27-22(31)32-11-17-15-8-4-2-6-13(15)14-7-3-5-9-16(14)17/h2-9,12,17-19H,10-11H2,1H3,(H,26,28)(H,27,31)(H,29,30)/t12?,18-,19-/m1/s1. The Morgan fingerprint density at radius 3 is 2.16 bits per heavy atom. The predicted octanol–water partition coefficient (Wildman–Crippen LogP) is 3.00. The summed E-state index contributed by atoms with van der Waals surface area (Å²) < 4.78 is 32.2. The van der Waals surface area contributed by atoms with Gasteiger partial charge in [0.05, 0.1) is 5.92 Å². The van der Waals surface area contributed by atoms with E-state index >= 15 is 0 Å². The Labute approximate surface area is 182 Å². The summed E-state index contributed by atoms with van der Waals surface area (Å²) in [5.74, 6) is -9.03. The first-order chi connectivity index (χ1) is 15.2. The first kappa shape index (κ1) is 21.7. The number of ether oxygens (including phenoxy) is 1. The molecular weight excluding hydrogens is 422 g/mol. The van der Waals surface area contributed by atoms with Crippen molar-refractivity contribution in [3.8, 4) is 11.1 Å². The van der Waals surface area contributed by atoms with Gasteiger partial charge in [0.2, 0.25) is 5.91 Å². The third kappa shape index (κ3) is 3.90. The molecule has 2 aliphatic carbocycles.